The lowest BCUT2D eigenvalue weighted by Crippen LogP contribution is -3.12. The molecule has 0 bridgehead atoms. The molecule has 1 saturated heterocycles. The Bertz CT molecular complexity index is 691. The summed E-state index contributed by atoms with van der Waals surface area (Å²) in [7, 11) is 0. The first-order valence-corrected chi connectivity index (χ1v) is 9.48. The molecule has 0 spiro atoms. The predicted octanol–water partition coefficient (Wildman–Crippen LogP) is 0.271. The van der Waals surface area contributed by atoms with Crippen molar-refractivity contribution in [3.8, 4) is 0 Å². The minimum Gasteiger partial charge on any atom is -0.449 e. The normalized spacial score (nSPS) is 16.1. The van der Waals surface area contributed by atoms with Crippen molar-refractivity contribution in [2.75, 3.05) is 26.3 Å². The molecule has 3 N–H and O–H groups in total. The third-order valence-electron chi connectivity index (χ3n) is 4.22. The molecule has 8 nitrogen and oxygen atoms in total. The molecule has 8 heteroatoms. The zero-order chi connectivity index (χ0) is 20.7. The van der Waals surface area contributed by atoms with Crippen molar-refractivity contribution >= 4 is 17.9 Å². The molecule has 1 aromatic carbocycles. The summed E-state index contributed by atoms with van der Waals surface area (Å²) in [4.78, 5) is 37.5. The average molecular weight is 392 g/mol. The maximum atomic E-state index is 12.3. The molecule has 154 valence electrons. The molecule has 0 aliphatic carbocycles. The Balaban J connectivity index is 1.84. The van der Waals surface area contributed by atoms with Gasteiger partial charge in [-0.2, -0.15) is 0 Å². The maximum absolute atomic E-state index is 12.3. The summed E-state index contributed by atoms with van der Waals surface area (Å²) in [6.45, 7) is 11.2. The largest absolute Gasteiger partial charge is 0.449 e. The predicted molar refractivity (Wildman–Crippen MR) is 103 cm³/mol. The van der Waals surface area contributed by atoms with Crippen LogP contribution in [0.3, 0.4) is 0 Å². The zero-order valence-electron chi connectivity index (χ0n) is 17.0. The summed E-state index contributed by atoms with van der Waals surface area (Å²) in [5.41, 5.74) is 1.01. The highest BCUT2D eigenvalue weighted by molar-refractivity contribution is 5.98. The van der Waals surface area contributed by atoms with E-state index in [1.165, 1.54) is 11.8 Å². The molecule has 1 fully saturated rings. The molecule has 0 aromatic heterocycles. The Labute approximate surface area is 165 Å². The van der Waals surface area contributed by atoms with Crippen LogP contribution in [0.2, 0.25) is 0 Å². The van der Waals surface area contributed by atoms with Gasteiger partial charge < -0.3 is 19.7 Å². The zero-order valence-corrected chi connectivity index (χ0v) is 17.0. The van der Waals surface area contributed by atoms with Crippen LogP contribution in [0, 0.1) is 0 Å². The monoisotopic (exact) mass is 392 g/mol. The van der Waals surface area contributed by atoms with Crippen LogP contribution in [0.15, 0.2) is 24.3 Å². The minimum atomic E-state index is -1.09. The van der Waals surface area contributed by atoms with Crippen molar-refractivity contribution in [1.82, 2.24) is 10.6 Å². The van der Waals surface area contributed by atoms with Gasteiger partial charge in [-0.15, -0.1) is 0 Å². The number of morpholine rings is 1. The fourth-order valence-corrected chi connectivity index (χ4v) is 2.75. The van der Waals surface area contributed by atoms with Gasteiger partial charge in [0.15, 0.2) is 6.10 Å². The lowest BCUT2D eigenvalue weighted by molar-refractivity contribution is -0.921. The summed E-state index contributed by atoms with van der Waals surface area (Å²) >= 11 is 0. The van der Waals surface area contributed by atoms with E-state index in [1.807, 2.05) is 12.1 Å². The van der Waals surface area contributed by atoms with E-state index in [2.05, 4.69) is 10.6 Å². The van der Waals surface area contributed by atoms with Gasteiger partial charge in [-0.3, -0.25) is 10.1 Å². The van der Waals surface area contributed by atoms with E-state index in [-0.39, 0.29) is 0 Å². The van der Waals surface area contributed by atoms with E-state index in [1.54, 1.807) is 32.9 Å². The van der Waals surface area contributed by atoms with Crippen LogP contribution in [0.4, 0.5) is 4.79 Å². The van der Waals surface area contributed by atoms with Crippen molar-refractivity contribution in [3.63, 3.8) is 0 Å². The van der Waals surface area contributed by atoms with Crippen LogP contribution in [-0.4, -0.2) is 55.9 Å². The van der Waals surface area contributed by atoms with Crippen LogP contribution < -0.4 is 15.5 Å². The summed E-state index contributed by atoms with van der Waals surface area (Å²) in [5.74, 6) is -1.29. The summed E-state index contributed by atoms with van der Waals surface area (Å²) in [6.07, 6.45) is -1.09. The van der Waals surface area contributed by atoms with Crippen molar-refractivity contribution < 1.29 is 28.8 Å². The SMILES string of the molecule is C[C@H](OC(=O)c1ccc(C[NH+]2CCOCC2)cc1)C(=O)NC(=O)NC(C)(C)C. The van der Waals surface area contributed by atoms with Crippen LogP contribution >= 0.6 is 0 Å². The fraction of sp³-hybridized carbons (Fsp3) is 0.550. The number of ether oxygens (including phenoxy) is 2. The van der Waals surface area contributed by atoms with Crippen LogP contribution in [0.25, 0.3) is 0 Å². The maximum Gasteiger partial charge on any atom is 0.338 e. The van der Waals surface area contributed by atoms with Crippen molar-refractivity contribution in [2.24, 2.45) is 0 Å². The summed E-state index contributed by atoms with van der Waals surface area (Å²) in [6, 6.07) is 6.53. The molecular weight excluding hydrogens is 362 g/mol. The fourth-order valence-electron chi connectivity index (χ4n) is 2.75. The third kappa shape index (κ3) is 7.28. The molecule has 1 aromatic rings. The van der Waals surface area contributed by atoms with Gasteiger partial charge in [0.25, 0.3) is 5.91 Å². The van der Waals surface area contributed by atoms with Gasteiger partial charge in [0.1, 0.15) is 19.6 Å². The Morgan fingerprint density at radius 2 is 1.75 bits per heavy atom. The number of hydrogen-bond acceptors (Lipinski definition) is 5. The van der Waals surface area contributed by atoms with Gasteiger partial charge in [-0.1, -0.05) is 12.1 Å². The Morgan fingerprint density at radius 3 is 2.32 bits per heavy atom. The number of esters is 1. The summed E-state index contributed by atoms with van der Waals surface area (Å²) < 4.78 is 10.5. The Kier molecular flexibility index (Phi) is 7.53. The number of nitrogens with one attached hydrogen (secondary N) is 3. The molecule has 0 unspecified atom stereocenters. The van der Waals surface area contributed by atoms with Crippen LogP contribution in [0.5, 0.6) is 0 Å². The standard InChI is InChI=1S/C20H29N3O5/c1-14(17(24)21-19(26)22-20(2,3)4)28-18(25)16-7-5-15(6-8-16)13-23-9-11-27-12-10-23/h5-8,14H,9-13H2,1-4H3,(H2,21,22,24,26)/p+1/t14-/m0/s1. The lowest BCUT2D eigenvalue weighted by atomic mass is 10.1. The first-order valence-electron chi connectivity index (χ1n) is 9.48. The quantitative estimate of drug-likeness (QED) is 0.625. The highest BCUT2D eigenvalue weighted by Crippen LogP contribution is 2.07. The van der Waals surface area contributed by atoms with E-state index in [9.17, 15) is 14.4 Å². The molecule has 1 heterocycles. The van der Waals surface area contributed by atoms with Crippen LogP contribution in [0.1, 0.15) is 43.6 Å². The Hall–Kier alpha value is -2.45. The van der Waals surface area contributed by atoms with E-state index < -0.39 is 29.6 Å². The number of benzene rings is 1. The molecule has 0 saturated carbocycles. The highest BCUT2D eigenvalue weighted by Gasteiger charge is 2.23. The van der Waals surface area contributed by atoms with Gasteiger partial charge in [0, 0.05) is 11.1 Å². The smallest absolute Gasteiger partial charge is 0.338 e. The number of hydrogen-bond donors (Lipinski definition) is 3. The number of carbonyl (C=O) groups is 3. The number of urea groups is 1. The minimum absolute atomic E-state index is 0.361. The van der Waals surface area contributed by atoms with Gasteiger partial charge in [-0.25, -0.2) is 9.59 Å². The van der Waals surface area contributed by atoms with Crippen LogP contribution in [-0.2, 0) is 20.8 Å². The molecule has 2 rings (SSSR count). The number of carbonyl (C=O) groups excluding carboxylic acids is 3. The van der Waals surface area contributed by atoms with Gasteiger partial charge in [0.2, 0.25) is 0 Å². The highest BCUT2D eigenvalue weighted by atomic mass is 16.5. The van der Waals surface area contributed by atoms with E-state index >= 15 is 0 Å². The number of rotatable bonds is 5. The van der Waals surface area contributed by atoms with E-state index in [0.717, 1.165) is 38.4 Å². The molecule has 3 amide bonds. The summed E-state index contributed by atoms with van der Waals surface area (Å²) in [5, 5.41) is 4.78. The second kappa shape index (κ2) is 9.66. The van der Waals surface area contributed by atoms with E-state index in [4.69, 9.17) is 9.47 Å². The number of quaternary nitrogens is 1. The lowest BCUT2D eigenvalue weighted by Gasteiger charge is -2.23. The average Bonchev–Trinajstić information content (AvgIpc) is 2.61. The molecule has 0 radical (unpaired) electrons. The molecule has 1 aliphatic heterocycles. The number of imide groups is 1. The topological polar surface area (TPSA) is 98.2 Å². The van der Waals surface area contributed by atoms with Gasteiger partial charge in [-0.05, 0) is 39.8 Å². The number of amides is 3. The third-order valence-corrected chi connectivity index (χ3v) is 4.22. The first kappa shape index (κ1) is 21.8. The molecule has 1 aliphatic rings. The molecule has 1 atom stereocenters. The molecule has 28 heavy (non-hydrogen) atoms. The van der Waals surface area contributed by atoms with Gasteiger partial charge >= 0.3 is 12.0 Å². The van der Waals surface area contributed by atoms with E-state index in [0.29, 0.717) is 5.56 Å². The first-order chi connectivity index (χ1) is 13.1. The van der Waals surface area contributed by atoms with Crippen molar-refractivity contribution in [1.29, 1.82) is 0 Å². The van der Waals surface area contributed by atoms with Crippen molar-refractivity contribution in [2.45, 2.75) is 45.9 Å². The molecular formula is C20H30N3O5+. The second-order valence-corrected chi connectivity index (χ2v) is 7.98. The second-order valence-electron chi connectivity index (χ2n) is 7.98. The van der Waals surface area contributed by atoms with Crippen molar-refractivity contribution in [3.05, 3.63) is 35.4 Å². The Morgan fingerprint density at radius 1 is 1.14 bits per heavy atom. The van der Waals surface area contributed by atoms with Gasteiger partial charge in [0.05, 0.1) is 18.8 Å².